The summed E-state index contributed by atoms with van der Waals surface area (Å²) in [5, 5.41) is 7.45. The average Bonchev–Trinajstić information content (AvgIpc) is 3.07. The predicted octanol–water partition coefficient (Wildman–Crippen LogP) is 3.54. The summed E-state index contributed by atoms with van der Waals surface area (Å²) in [7, 11) is 0. The van der Waals surface area contributed by atoms with Crippen molar-refractivity contribution in [3.05, 3.63) is 52.8 Å². The minimum absolute atomic E-state index is 0.0506. The molecule has 1 N–H and O–H groups in total. The second kappa shape index (κ2) is 6.42. The van der Waals surface area contributed by atoms with E-state index in [9.17, 15) is 4.79 Å². The highest BCUT2D eigenvalue weighted by Crippen LogP contribution is 2.35. The van der Waals surface area contributed by atoms with Gasteiger partial charge in [-0.05, 0) is 56.2 Å². The number of aryl methyl sites for hydroxylation is 2. The third kappa shape index (κ3) is 2.85. The molecule has 4 nitrogen and oxygen atoms in total. The van der Waals surface area contributed by atoms with Gasteiger partial charge in [-0.3, -0.25) is 9.89 Å². The number of hydrogen-bond acceptors (Lipinski definition) is 2. The van der Waals surface area contributed by atoms with Crippen molar-refractivity contribution in [3.63, 3.8) is 0 Å². The van der Waals surface area contributed by atoms with E-state index in [1.165, 1.54) is 11.1 Å². The molecule has 1 saturated heterocycles. The van der Waals surface area contributed by atoms with E-state index in [1.54, 1.807) is 0 Å². The first-order chi connectivity index (χ1) is 11.7. The predicted molar refractivity (Wildman–Crippen MR) is 94.0 cm³/mol. The molecule has 126 valence electrons. The standard InChI is InChI=1S/C20H25N3O/c1-14-12-19(22-21-14)16-8-5-11-23(13-16)20(24)18-10-4-7-15-6-2-3-9-17(15)18/h2-3,6,9,12,16,18H,4-5,7-8,10-11,13H2,1H3,(H,21,22)/t16-,18-/m0/s1. The van der Waals surface area contributed by atoms with Gasteiger partial charge in [0.25, 0.3) is 0 Å². The molecular weight excluding hydrogens is 298 g/mol. The highest BCUT2D eigenvalue weighted by molar-refractivity contribution is 5.84. The third-order valence-electron chi connectivity index (χ3n) is 5.54. The molecule has 2 atom stereocenters. The van der Waals surface area contributed by atoms with Gasteiger partial charge in [-0.15, -0.1) is 0 Å². The highest BCUT2D eigenvalue weighted by atomic mass is 16.2. The zero-order valence-electron chi connectivity index (χ0n) is 14.3. The number of nitrogens with zero attached hydrogens (tertiary/aromatic N) is 2. The van der Waals surface area contributed by atoms with Crippen LogP contribution in [0.25, 0.3) is 0 Å². The number of fused-ring (bicyclic) bond motifs is 1. The van der Waals surface area contributed by atoms with Crippen LogP contribution in [0.15, 0.2) is 30.3 Å². The number of aromatic nitrogens is 2. The molecule has 4 heteroatoms. The quantitative estimate of drug-likeness (QED) is 0.919. The molecule has 4 rings (SSSR count). The topological polar surface area (TPSA) is 49.0 Å². The Morgan fingerprint density at radius 1 is 1.25 bits per heavy atom. The summed E-state index contributed by atoms with van der Waals surface area (Å²) in [5.74, 6) is 0.736. The van der Waals surface area contributed by atoms with Crippen molar-refractivity contribution in [1.29, 1.82) is 0 Å². The van der Waals surface area contributed by atoms with Gasteiger partial charge in [-0.25, -0.2) is 0 Å². The molecule has 1 aliphatic carbocycles. The molecule has 1 aromatic carbocycles. The van der Waals surface area contributed by atoms with Crippen LogP contribution >= 0.6 is 0 Å². The fraction of sp³-hybridized carbons (Fsp3) is 0.500. The van der Waals surface area contributed by atoms with E-state index in [2.05, 4.69) is 45.4 Å². The molecule has 1 aromatic heterocycles. The number of rotatable bonds is 2. The molecule has 2 heterocycles. The number of aromatic amines is 1. The summed E-state index contributed by atoms with van der Waals surface area (Å²) < 4.78 is 0. The average molecular weight is 323 g/mol. The zero-order chi connectivity index (χ0) is 16.5. The maximum Gasteiger partial charge on any atom is 0.230 e. The molecule has 24 heavy (non-hydrogen) atoms. The molecule has 0 unspecified atom stereocenters. The van der Waals surface area contributed by atoms with Crippen molar-refractivity contribution in [2.24, 2.45) is 0 Å². The Morgan fingerprint density at radius 2 is 2.12 bits per heavy atom. The number of benzene rings is 1. The SMILES string of the molecule is Cc1cc([C@H]2CCCN(C(=O)[C@H]3CCCc4ccccc43)C2)n[nH]1. The van der Waals surface area contributed by atoms with E-state index in [4.69, 9.17) is 0 Å². The number of H-pyrrole nitrogens is 1. The van der Waals surface area contributed by atoms with E-state index in [1.807, 2.05) is 6.92 Å². The highest BCUT2D eigenvalue weighted by Gasteiger charge is 2.33. The summed E-state index contributed by atoms with van der Waals surface area (Å²) in [6.45, 7) is 3.72. The van der Waals surface area contributed by atoms with Crippen LogP contribution in [-0.4, -0.2) is 34.1 Å². The van der Waals surface area contributed by atoms with Gasteiger partial charge in [0, 0.05) is 24.7 Å². The Kier molecular flexibility index (Phi) is 4.13. The van der Waals surface area contributed by atoms with Crippen LogP contribution in [0.4, 0.5) is 0 Å². The van der Waals surface area contributed by atoms with Crippen molar-refractivity contribution in [2.45, 2.75) is 50.9 Å². The van der Waals surface area contributed by atoms with Crippen molar-refractivity contribution < 1.29 is 4.79 Å². The first kappa shape index (κ1) is 15.4. The third-order valence-corrected chi connectivity index (χ3v) is 5.54. The van der Waals surface area contributed by atoms with Crippen molar-refractivity contribution >= 4 is 5.91 Å². The minimum atomic E-state index is 0.0506. The molecule has 1 amide bonds. The minimum Gasteiger partial charge on any atom is -0.341 e. The molecular formula is C20H25N3O. The lowest BCUT2D eigenvalue weighted by atomic mass is 9.81. The van der Waals surface area contributed by atoms with Crippen molar-refractivity contribution in [2.75, 3.05) is 13.1 Å². The van der Waals surface area contributed by atoms with Gasteiger partial charge in [0.1, 0.15) is 0 Å². The summed E-state index contributed by atoms with van der Waals surface area (Å²) in [5.41, 5.74) is 4.81. The Balaban J connectivity index is 1.52. The first-order valence-electron chi connectivity index (χ1n) is 9.11. The molecule has 0 spiro atoms. The van der Waals surface area contributed by atoms with E-state index >= 15 is 0 Å². The Bertz CT molecular complexity index is 736. The van der Waals surface area contributed by atoms with Crippen molar-refractivity contribution in [1.82, 2.24) is 15.1 Å². The van der Waals surface area contributed by atoms with Crippen molar-refractivity contribution in [3.8, 4) is 0 Å². The lowest BCUT2D eigenvalue weighted by Crippen LogP contribution is -2.42. The zero-order valence-corrected chi connectivity index (χ0v) is 14.3. The number of likely N-dealkylation sites (tertiary alicyclic amines) is 1. The number of hydrogen-bond donors (Lipinski definition) is 1. The summed E-state index contributed by atoms with van der Waals surface area (Å²) in [6.07, 6.45) is 5.39. The fourth-order valence-corrected chi connectivity index (χ4v) is 4.30. The summed E-state index contributed by atoms with van der Waals surface area (Å²) in [4.78, 5) is 15.3. The number of carbonyl (C=O) groups is 1. The molecule has 0 radical (unpaired) electrons. The Labute approximate surface area is 143 Å². The van der Waals surface area contributed by atoms with Crippen LogP contribution in [0.1, 0.15) is 60.0 Å². The first-order valence-corrected chi connectivity index (χ1v) is 9.11. The van der Waals surface area contributed by atoms with E-state index < -0.39 is 0 Å². The van der Waals surface area contributed by atoms with E-state index in [-0.39, 0.29) is 5.92 Å². The van der Waals surface area contributed by atoms with E-state index in [0.717, 1.165) is 56.6 Å². The second-order valence-electron chi connectivity index (χ2n) is 7.24. The van der Waals surface area contributed by atoms with E-state index in [0.29, 0.717) is 11.8 Å². The molecule has 2 aromatic rings. The molecule has 1 aliphatic heterocycles. The largest absolute Gasteiger partial charge is 0.341 e. The second-order valence-corrected chi connectivity index (χ2v) is 7.24. The smallest absolute Gasteiger partial charge is 0.230 e. The van der Waals surface area contributed by atoms with Gasteiger partial charge in [0.2, 0.25) is 5.91 Å². The van der Waals surface area contributed by atoms with Crippen LogP contribution in [0.3, 0.4) is 0 Å². The maximum atomic E-state index is 13.2. The molecule has 2 aliphatic rings. The lowest BCUT2D eigenvalue weighted by molar-refractivity contribution is -0.134. The van der Waals surface area contributed by atoms with Gasteiger partial charge in [0.05, 0.1) is 11.6 Å². The van der Waals surface area contributed by atoms with Gasteiger partial charge < -0.3 is 4.90 Å². The van der Waals surface area contributed by atoms with Gasteiger partial charge in [0.15, 0.2) is 0 Å². The Morgan fingerprint density at radius 3 is 2.96 bits per heavy atom. The molecule has 0 saturated carbocycles. The van der Waals surface area contributed by atoms with Gasteiger partial charge >= 0.3 is 0 Å². The van der Waals surface area contributed by atoms with Crippen LogP contribution in [0.2, 0.25) is 0 Å². The fourth-order valence-electron chi connectivity index (χ4n) is 4.30. The summed E-state index contributed by atoms with van der Waals surface area (Å²) >= 11 is 0. The summed E-state index contributed by atoms with van der Waals surface area (Å²) in [6, 6.07) is 10.6. The molecule has 1 fully saturated rings. The number of amides is 1. The van der Waals surface area contributed by atoms with Crippen LogP contribution in [0, 0.1) is 6.92 Å². The van der Waals surface area contributed by atoms with Gasteiger partial charge in [-0.2, -0.15) is 5.10 Å². The maximum absolute atomic E-state index is 13.2. The normalized spacial score (nSPS) is 23.8. The lowest BCUT2D eigenvalue weighted by Gasteiger charge is -2.36. The molecule has 0 bridgehead atoms. The van der Waals surface area contributed by atoms with Crippen LogP contribution in [-0.2, 0) is 11.2 Å². The number of piperidine rings is 1. The Hall–Kier alpha value is -2.10. The van der Waals surface area contributed by atoms with Crippen LogP contribution in [0.5, 0.6) is 0 Å². The number of carbonyl (C=O) groups excluding carboxylic acids is 1. The van der Waals surface area contributed by atoms with Gasteiger partial charge in [-0.1, -0.05) is 24.3 Å². The number of nitrogens with one attached hydrogen (secondary N) is 1. The van der Waals surface area contributed by atoms with Crippen LogP contribution < -0.4 is 0 Å². The monoisotopic (exact) mass is 323 g/mol.